The van der Waals surface area contributed by atoms with E-state index in [1.54, 1.807) is 12.3 Å². The molecule has 0 aliphatic carbocycles. The second kappa shape index (κ2) is 5.91. The first-order valence-electron chi connectivity index (χ1n) is 7.00. The van der Waals surface area contributed by atoms with Crippen molar-refractivity contribution < 1.29 is 9.18 Å². The first kappa shape index (κ1) is 13.5. The highest BCUT2D eigenvalue weighted by molar-refractivity contribution is 6.03. The van der Waals surface area contributed by atoms with E-state index in [-0.39, 0.29) is 11.7 Å². The lowest BCUT2D eigenvalue weighted by Gasteiger charge is -2.17. The van der Waals surface area contributed by atoms with Crippen molar-refractivity contribution in [3.05, 3.63) is 54.1 Å². The van der Waals surface area contributed by atoms with Crippen molar-refractivity contribution >= 4 is 17.3 Å². The summed E-state index contributed by atoms with van der Waals surface area (Å²) in [7, 11) is 0. The fraction of sp³-hybridized carbons (Fsp3) is 0.250. The van der Waals surface area contributed by atoms with Crippen molar-refractivity contribution in [2.45, 2.75) is 12.8 Å². The molecule has 4 nitrogen and oxygen atoms in total. The Labute approximate surface area is 122 Å². The highest BCUT2D eigenvalue weighted by atomic mass is 19.1. The summed E-state index contributed by atoms with van der Waals surface area (Å²) in [5.41, 5.74) is 1.94. The van der Waals surface area contributed by atoms with Gasteiger partial charge in [0.15, 0.2) is 0 Å². The van der Waals surface area contributed by atoms with Gasteiger partial charge in [-0.15, -0.1) is 0 Å². The summed E-state index contributed by atoms with van der Waals surface area (Å²) in [5, 5.41) is 2.72. The van der Waals surface area contributed by atoms with E-state index in [4.69, 9.17) is 0 Å². The van der Waals surface area contributed by atoms with Crippen LogP contribution in [-0.2, 0) is 0 Å². The van der Waals surface area contributed by atoms with Crippen molar-refractivity contribution in [1.82, 2.24) is 4.98 Å². The van der Waals surface area contributed by atoms with Crippen LogP contribution in [0.2, 0.25) is 0 Å². The number of hydrogen-bond donors (Lipinski definition) is 1. The molecule has 1 aromatic carbocycles. The topological polar surface area (TPSA) is 45.2 Å². The van der Waals surface area contributed by atoms with Gasteiger partial charge in [0.1, 0.15) is 11.5 Å². The number of hydrogen-bond acceptors (Lipinski definition) is 3. The smallest absolute Gasteiger partial charge is 0.274 e. The van der Waals surface area contributed by atoms with Crippen LogP contribution in [0.3, 0.4) is 0 Å². The monoisotopic (exact) mass is 285 g/mol. The number of nitrogens with zero attached hydrogens (tertiary/aromatic N) is 2. The number of nitrogens with one attached hydrogen (secondary N) is 1. The zero-order valence-corrected chi connectivity index (χ0v) is 11.6. The molecule has 108 valence electrons. The van der Waals surface area contributed by atoms with Crippen LogP contribution in [0.5, 0.6) is 0 Å². The molecular weight excluding hydrogens is 269 g/mol. The summed E-state index contributed by atoms with van der Waals surface area (Å²) >= 11 is 0. The minimum absolute atomic E-state index is 0.289. The summed E-state index contributed by atoms with van der Waals surface area (Å²) in [6.45, 7) is 2.03. The second-order valence-electron chi connectivity index (χ2n) is 5.05. The highest BCUT2D eigenvalue weighted by Crippen LogP contribution is 2.20. The van der Waals surface area contributed by atoms with Gasteiger partial charge in [0, 0.05) is 30.7 Å². The van der Waals surface area contributed by atoms with Gasteiger partial charge >= 0.3 is 0 Å². The molecule has 1 amide bonds. The minimum Gasteiger partial charge on any atom is -0.371 e. The summed E-state index contributed by atoms with van der Waals surface area (Å²) in [5.74, 6) is -0.621. The van der Waals surface area contributed by atoms with Gasteiger partial charge in [0.25, 0.3) is 5.91 Å². The normalized spacial score (nSPS) is 14.2. The quantitative estimate of drug-likeness (QED) is 0.942. The fourth-order valence-electron chi connectivity index (χ4n) is 2.44. The van der Waals surface area contributed by atoms with Gasteiger partial charge in [-0.25, -0.2) is 4.39 Å². The summed E-state index contributed by atoms with van der Waals surface area (Å²) in [6, 6.07) is 9.38. The Morgan fingerprint density at radius 2 is 1.86 bits per heavy atom. The summed E-state index contributed by atoms with van der Waals surface area (Å²) in [4.78, 5) is 18.5. The van der Waals surface area contributed by atoms with Gasteiger partial charge in [-0.2, -0.15) is 0 Å². The van der Waals surface area contributed by atoms with Crippen LogP contribution in [0, 0.1) is 5.82 Å². The molecule has 3 rings (SSSR count). The van der Waals surface area contributed by atoms with E-state index in [0.29, 0.717) is 11.4 Å². The van der Waals surface area contributed by atoms with E-state index in [2.05, 4.69) is 15.2 Å². The van der Waals surface area contributed by atoms with Gasteiger partial charge < -0.3 is 10.2 Å². The number of carbonyl (C=O) groups excluding carboxylic acids is 1. The fourth-order valence-corrected chi connectivity index (χ4v) is 2.44. The van der Waals surface area contributed by atoms with Crippen LogP contribution in [-0.4, -0.2) is 24.0 Å². The maximum absolute atomic E-state index is 12.8. The lowest BCUT2D eigenvalue weighted by atomic mass is 10.2. The molecule has 0 spiro atoms. The molecule has 5 heteroatoms. The van der Waals surface area contributed by atoms with Gasteiger partial charge in [-0.05, 0) is 49.2 Å². The number of rotatable bonds is 3. The zero-order chi connectivity index (χ0) is 14.7. The van der Waals surface area contributed by atoms with Gasteiger partial charge in [0.2, 0.25) is 0 Å². The Balaban J connectivity index is 1.74. The number of carbonyl (C=O) groups is 1. The average molecular weight is 285 g/mol. The van der Waals surface area contributed by atoms with Crippen LogP contribution in [0.1, 0.15) is 23.3 Å². The molecule has 21 heavy (non-hydrogen) atoms. The number of amides is 1. The average Bonchev–Trinajstić information content (AvgIpc) is 3.04. The van der Waals surface area contributed by atoms with Crippen LogP contribution in [0.25, 0.3) is 0 Å². The van der Waals surface area contributed by atoms with Crippen molar-refractivity contribution in [3.63, 3.8) is 0 Å². The first-order chi connectivity index (χ1) is 10.2. The van der Waals surface area contributed by atoms with E-state index in [9.17, 15) is 9.18 Å². The molecule has 1 saturated heterocycles. The minimum atomic E-state index is -0.331. The Morgan fingerprint density at radius 1 is 1.14 bits per heavy atom. The Kier molecular flexibility index (Phi) is 3.81. The van der Waals surface area contributed by atoms with Crippen LogP contribution < -0.4 is 10.2 Å². The molecule has 0 radical (unpaired) electrons. The van der Waals surface area contributed by atoms with Crippen LogP contribution >= 0.6 is 0 Å². The molecule has 1 fully saturated rings. The third-order valence-corrected chi connectivity index (χ3v) is 3.55. The predicted octanol–water partition coefficient (Wildman–Crippen LogP) is 3.07. The predicted molar refractivity (Wildman–Crippen MR) is 80.0 cm³/mol. The second-order valence-corrected chi connectivity index (χ2v) is 5.05. The number of aromatic nitrogens is 1. The van der Waals surface area contributed by atoms with E-state index in [1.165, 1.54) is 37.1 Å². The van der Waals surface area contributed by atoms with E-state index in [1.807, 2.05) is 6.07 Å². The van der Waals surface area contributed by atoms with Gasteiger partial charge in [-0.1, -0.05) is 0 Å². The van der Waals surface area contributed by atoms with E-state index in [0.717, 1.165) is 18.8 Å². The summed E-state index contributed by atoms with van der Waals surface area (Å²) in [6.07, 6.45) is 4.01. The molecule has 0 unspecified atom stereocenters. The van der Waals surface area contributed by atoms with E-state index < -0.39 is 0 Å². The zero-order valence-electron chi connectivity index (χ0n) is 11.6. The number of pyridine rings is 1. The number of halogens is 1. The van der Waals surface area contributed by atoms with Crippen molar-refractivity contribution in [2.24, 2.45) is 0 Å². The number of anilines is 2. The molecule has 0 atom stereocenters. The van der Waals surface area contributed by atoms with Gasteiger partial charge in [-0.3, -0.25) is 9.78 Å². The van der Waals surface area contributed by atoms with Crippen molar-refractivity contribution in [2.75, 3.05) is 23.3 Å². The third kappa shape index (κ3) is 3.18. The Morgan fingerprint density at radius 3 is 2.57 bits per heavy atom. The highest BCUT2D eigenvalue weighted by Gasteiger charge is 2.15. The lowest BCUT2D eigenvalue weighted by molar-refractivity contribution is 0.102. The SMILES string of the molecule is O=C(Nc1ccc(F)cc1)c1cc(N2CCCC2)ccn1. The Bertz CT molecular complexity index is 636. The first-order valence-corrected chi connectivity index (χ1v) is 7.00. The lowest BCUT2D eigenvalue weighted by Crippen LogP contribution is -2.19. The molecule has 2 aromatic rings. The standard InChI is InChI=1S/C16H16FN3O/c17-12-3-5-13(6-4-12)19-16(21)15-11-14(7-8-18-15)20-9-1-2-10-20/h3-8,11H,1-2,9-10H2,(H,19,21). The Hall–Kier alpha value is -2.43. The largest absolute Gasteiger partial charge is 0.371 e. The molecule has 1 aliphatic heterocycles. The summed E-state index contributed by atoms with van der Waals surface area (Å²) < 4.78 is 12.8. The molecule has 0 bridgehead atoms. The molecule has 1 aromatic heterocycles. The van der Waals surface area contributed by atoms with Gasteiger partial charge in [0.05, 0.1) is 0 Å². The van der Waals surface area contributed by atoms with Crippen molar-refractivity contribution in [1.29, 1.82) is 0 Å². The molecule has 0 saturated carbocycles. The van der Waals surface area contributed by atoms with Crippen molar-refractivity contribution in [3.8, 4) is 0 Å². The van der Waals surface area contributed by atoms with Crippen LogP contribution in [0.4, 0.5) is 15.8 Å². The van der Waals surface area contributed by atoms with Crippen LogP contribution in [0.15, 0.2) is 42.6 Å². The van der Waals surface area contributed by atoms with E-state index >= 15 is 0 Å². The molecule has 2 heterocycles. The third-order valence-electron chi connectivity index (χ3n) is 3.55. The molecular formula is C16H16FN3O. The maximum atomic E-state index is 12.8. The number of benzene rings is 1. The molecule has 1 N–H and O–H groups in total. The molecule has 1 aliphatic rings. The maximum Gasteiger partial charge on any atom is 0.274 e.